The Labute approximate surface area is 429 Å². The number of para-hydroxylation sites is 8. The number of pyridine rings is 2. The van der Waals surface area contributed by atoms with Gasteiger partial charge in [-0.05, 0) is 87.7 Å². The Hall–Kier alpha value is -6.44. The van der Waals surface area contributed by atoms with Crippen molar-refractivity contribution in [3.8, 4) is 22.9 Å². The van der Waals surface area contributed by atoms with Crippen LogP contribution in [0.5, 0.6) is 11.5 Å². The largest absolute Gasteiger partial charge is 0.510 e. The predicted octanol–water partition coefficient (Wildman–Crippen LogP) is 13.1. The van der Waals surface area contributed by atoms with E-state index < -0.39 is 0 Å². The van der Waals surface area contributed by atoms with Crippen LogP contribution in [0.15, 0.2) is 170 Å². The molecule has 5 heterocycles. The summed E-state index contributed by atoms with van der Waals surface area (Å²) in [5.41, 5.74) is 11.5. The summed E-state index contributed by atoms with van der Waals surface area (Å²) in [6.45, 7) is 11.7. The first-order valence-corrected chi connectivity index (χ1v) is 22.5. The number of anilines is 9. The fourth-order valence-electron chi connectivity index (χ4n) is 8.35. The van der Waals surface area contributed by atoms with Crippen LogP contribution in [0.2, 0.25) is 0 Å². The monoisotopic (exact) mass is 1250 g/mol. The molecule has 0 aliphatic carbocycles. The molecule has 1 radical (unpaired) electrons. The molecule has 2 aromatic heterocycles. The zero-order valence-electron chi connectivity index (χ0n) is 37.5. The summed E-state index contributed by atoms with van der Waals surface area (Å²) >= 11 is 0. The van der Waals surface area contributed by atoms with Gasteiger partial charge in [-0.25, -0.2) is 6.07 Å². The summed E-state index contributed by atoms with van der Waals surface area (Å²) in [5, 5.41) is 0. The maximum absolute atomic E-state index is 6.07. The van der Waals surface area contributed by atoms with Gasteiger partial charge in [-0.3, -0.25) is 0 Å². The topological polar surface area (TPSA) is 54.5 Å². The molecule has 349 valence electrons. The molecule has 3 aliphatic heterocycles. The van der Waals surface area contributed by atoms with E-state index in [-0.39, 0.29) is 41.2 Å². The summed E-state index contributed by atoms with van der Waals surface area (Å²) in [6.07, 6.45) is 7.88. The minimum absolute atomic E-state index is 0. The van der Waals surface area contributed by atoms with Crippen LogP contribution in [0.4, 0.5) is 51.2 Å². The van der Waals surface area contributed by atoms with Crippen molar-refractivity contribution < 1.29 is 45.9 Å². The number of hydrogen-bond acceptors (Lipinski definition) is 9. The summed E-state index contributed by atoms with van der Waals surface area (Å²) in [4.78, 5) is 22.3. The van der Waals surface area contributed by atoms with Crippen LogP contribution < -0.4 is 34.1 Å². The van der Waals surface area contributed by atoms with Gasteiger partial charge in [0.05, 0.1) is 0 Å². The van der Waals surface area contributed by atoms with Crippen LogP contribution in [-0.2, 0) is 41.2 Å². The van der Waals surface area contributed by atoms with Crippen LogP contribution in [-0.4, -0.2) is 29.6 Å². The van der Waals surface area contributed by atoms with Crippen molar-refractivity contribution in [1.82, 2.24) is 9.97 Å². The zero-order valence-corrected chi connectivity index (χ0v) is 42.2. The second kappa shape index (κ2) is 23.0. The van der Waals surface area contributed by atoms with E-state index in [9.17, 15) is 0 Å². The number of aromatic nitrogens is 2. The Bertz CT molecular complexity index is 2740. The Kier molecular flexibility index (Phi) is 16.3. The quantitative estimate of drug-likeness (QED) is 0.0783. The van der Waals surface area contributed by atoms with Crippen LogP contribution in [0.1, 0.15) is 32.6 Å². The van der Waals surface area contributed by atoms with Crippen LogP contribution in [0, 0.1) is 50.3 Å². The van der Waals surface area contributed by atoms with Crippen molar-refractivity contribution in [3.05, 3.63) is 220 Å². The number of hydrogen-bond donors (Lipinski definition) is 0. The number of benzene rings is 6. The molecule has 0 amide bonds. The molecule has 0 unspecified atom stereocenters. The summed E-state index contributed by atoms with van der Waals surface area (Å²) in [7, 11) is 0. The van der Waals surface area contributed by atoms with Crippen molar-refractivity contribution >= 4 is 51.2 Å². The van der Waals surface area contributed by atoms with Gasteiger partial charge in [-0.15, -0.1) is 58.8 Å². The van der Waals surface area contributed by atoms with Crippen LogP contribution in [0.3, 0.4) is 0 Å². The van der Waals surface area contributed by atoms with Crippen LogP contribution in [0.25, 0.3) is 11.4 Å². The molecule has 68 heavy (non-hydrogen) atoms. The zero-order chi connectivity index (χ0) is 44.5. The standard InChI is InChI=1S/C30H26N4.C27H22N4O.Ir.Pt/c1-3-13-25(14-4-1)33-23-31(27-17-7-9-19-29(27)33)21-11-12-22-32-24-34(26-15-5-2-6-16-26)30-20-10-8-18-28(30)32;1-2-3-17-30-20-31(27-13-5-4-12-26(27)30)21-9-8-10-22(18-21)32-23-14-16-29-25(19-23)24-11-6-7-15-28-24;;/h1-10,13,15,17-20,23-24H,11-12,21-22H2;4-10,12-16,20H,2-3,17H2,1H3;;/q2*-4;;. The molecule has 11 heteroatoms. The van der Waals surface area contributed by atoms with Gasteiger partial charge < -0.3 is 44.1 Å². The van der Waals surface area contributed by atoms with Crippen molar-refractivity contribution in [2.45, 2.75) is 32.6 Å². The van der Waals surface area contributed by atoms with Gasteiger partial charge in [0.2, 0.25) is 0 Å². The molecule has 9 nitrogen and oxygen atoms in total. The van der Waals surface area contributed by atoms with Crippen molar-refractivity contribution in [3.63, 3.8) is 0 Å². The van der Waals surface area contributed by atoms with Gasteiger partial charge in [0.15, 0.2) is 0 Å². The summed E-state index contributed by atoms with van der Waals surface area (Å²) in [6, 6.07) is 69.5. The number of ether oxygens (including phenoxy) is 1. The van der Waals surface area contributed by atoms with Crippen molar-refractivity contribution in [2.24, 2.45) is 0 Å². The minimum atomic E-state index is 0. The third kappa shape index (κ3) is 10.8. The van der Waals surface area contributed by atoms with Gasteiger partial charge in [0.25, 0.3) is 0 Å². The Morgan fingerprint density at radius 1 is 0.441 bits per heavy atom. The van der Waals surface area contributed by atoms with E-state index in [0.29, 0.717) is 22.9 Å². The van der Waals surface area contributed by atoms with E-state index in [1.54, 1.807) is 24.5 Å². The molecule has 0 saturated carbocycles. The Balaban J connectivity index is 0.000000179. The normalized spacial score (nSPS) is 13.2. The molecule has 11 rings (SSSR count). The Morgan fingerprint density at radius 2 is 0.897 bits per heavy atom. The first kappa shape index (κ1) is 48.0. The van der Waals surface area contributed by atoms with Gasteiger partial charge >= 0.3 is 0 Å². The molecule has 0 saturated heterocycles. The second-order valence-corrected chi connectivity index (χ2v) is 16.0. The third-order valence-electron chi connectivity index (χ3n) is 11.6. The molecule has 0 atom stereocenters. The smallest absolute Gasteiger partial charge is 0.0326 e. The molecular formula is C57H48IrN8OPt-8. The van der Waals surface area contributed by atoms with Gasteiger partial charge in [0.1, 0.15) is 0 Å². The summed E-state index contributed by atoms with van der Waals surface area (Å²) < 4.78 is 6.07. The van der Waals surface area contributed by atoms with E-state index in [1.807, 2.05) is 48.5 Å². The first-order valence-electron chi connectivity index (χ1n) is 22.5. The molecular weight excluding hydrogens is 1200 g/mol. The maximum atomic E-state index is 6.07. The van der Waals surface area contributed by atoms with E-state index in [4.69, 9.17) is 4.74 Å². The first-order chi connectivity index (χ1) is 32.7. The molecule has 6 aromatic carbocycles. The average Bonchev–Trinajstić information content (AvgIpc) is 4.08. The number of unbranched alkanes of at least 4 members (excludes halogenated alkanes) is 2. The third-order valence-corrected chi connectivity index (χ3v) is 11.6. The molecule has 0 N–H and O–H groups in total. The molecule has 0 fully saturated rings. The molecule has 0 bridgehead atoms. The fraction of sp³-hybridized carbons (Fsp3) is 0.140. The van der Waals surface area contributed by atoms with E-state index in [0.717, 1.165) is 68.1 Å². The number of fused-ring (bicyclic) bond motifs is 3. The average molecular weight is 1250 g/mol. The molecule has 3 aliphatic rings. The van der Waals surface area contributed by atoms with Gasteiger partial charge in [-0.2, -0.15) is 98.9 Å². The second-order valence-electron chi connectivity index (χ2n) is 16.0. The van der Waals surface area contributed by atoms with E-state index >= 15 is 0 Å². The van der Waals surface area contributed by atoms with Crippen molar-refractivity contribution in [1.29, 1.82) is 0 Å². The van der Waals surface area contributed by atoms with Gasteiger partial charge in [0, 0.05) is 86.8 Å². The van der Waals surface area contributed by atoms with E-state index in [1.165, 1.54) is 28.4 Å². The van der Waals surface area contributed by atoms with Gasteiger partial charge in [-0.1, -0.05) is 49.7 Å². The van der Waals surface area contributed by atoms with Crippen molar-refractivity contribution in [2.75, 3.05) is 49.0 Å². The number of nitrogens with zero attached hydrogens (tertiary/aromatic N) is 8. The van der Waals surface area contributed by atoms with Crippen LogP contribution >= 0.6 is 0 Å². The fourth-order valence-corrected chi connectivity index (χ4v) is 8.35. The summed E-state index contributed by atoms with van der Waals surface area (Å²) in [5.74, 6) is 1.16. The Morgan fingerprint density at radius 3 is 1.40 bits per heavy atom. The van der Waals surface area contributed by atoms with E-state index in [2.05, 4.69) is 194 Å². The molecule has 8 aromatic rings. The minimum Gasteiger partial charge on any atom is -0.510 e. The SMILES string of the molecule is CCCCN1[CH-]N(c2[c-]c(Oc3[c-]c(-c4[c-]cccn4)ncc3)ccc2)c2ccccc21.[Ir].[Pt].[c-]1ccccc1N1[CH-]N(CCCCN2[CH-]N(c3[c-]cccc3)c3ccccc32)c2ccccc21. The maximum Gasteiger partial charge on any atom is 0.0326 e. The molecule has 0 spiro atoms. The number of rotatable bonds is 14. The predicted molar refractivity (Wildman–Crippen MR) is 266 cm³/mol.